The quantitative estimate of drug-likeness (QED) is 0.773. The largest absolute Gasteiger partial charge is 0.488 e. The van der Waals surface area contributed by atoms with Crippen molar-refractivity contribution in [2.24, 2.45) is 0 Å². The monoisotopic (exact) mass is 397 g/mol. The molecule has 2 heterocycles. The van der Waals surface area contributed by atoms with Crippen LogP contribution in [0, 0.1) is 0 Å². The van der Waals surface area contributed by atoms with E-state index < -0.39 is 5.97 Å². The smallest absolute Gasteiger partial charge is 0.341 e. The Morgan fingerprint density at radius 1 is 1.14 bits per heavy atom. The minimum Gasteiger partial charge on any atom is -0.488 e. The molecule has 2 fully saturated rings. The van der Waals surface area contributed by atoms with Crippen LogP contribution < -0.4 is 9.47 Å². The SMILES string of the molecule is O=C(O)COc1ccc(CN2CCC[C@@]3(C[C@@H](Oc4ccccc4)CO3)C2)cc1. The summed E-state index contributed by atoms with van der Waals surface area (Å²) in [5.41, 5.74) is 1.06. The number of hydrogen-bond acceptors (Lipinski definition) is 5. The van der Waals surface area contributed by atoms with Crippen molar-refractivity contribution in [1.29, 1.82) is 0 Å². The Morgan fingerprint density at radius 2 is 1.93 bits per heavy atom. The Bertz CT molecular complexity index is 810. The molecule has 2 saturated heterocycles. The van der Waals surface area contributed by atoms with E-state index in [1.807, 2.05) is 54.6 Å². The maximum absolute atomic E-state index is 10.6. The molecule has 154 valence electrons. The van der Waals surface area contributed by atoms with Crippen molar-refractivity contribution in [3.8, 4) is 11.5 Å². The Morgan fingerprint density at radius 3 is 2.69 bits per heavy atom. The molecule has 0 saturated carbocycles. The second-order valence-corrected chi connectivity index (χ2v) is 7.89. The van der Waals surface area contributed by atoms with E-state index in [-0.39, 0.29) is 18.3 Å². The van der Waals surface area contributed by atoms with E-state index in [2.05, 4.69) is 4.90 Å². The number of nitrogens with zero attached hydrogens (tertiary/aromatic N) is 1. The van der Waals surface area contributed by atoms with Crippen LogP contribution >= 0.6 is 0 Å². The van der Waals surface area contributed by atoms with Crippen molar-refractivity contribution in [2.75, 3.05) is 26.3 Å². The van der Waals surface area contributed by atoms with Gasteiger partial charge in [-0.3, -0.25) is 4.90 Å². The summed E-state index contributed by atoms with van der Waals surface area (Å²) in [5, 5.41) is 8.70. The van der Waals surface area contributed by atoms with Crippen LogP contribution in [0.2, 0.25) is 0 Å². The third-order valence-corrected chi connectivity index (χ3v) is 5.53. The van der Waals surface area contributed by atoms with Crippen LogP contribution in [-0.4, -0.2) is 54.0 Å². The molecule has 2 aliphatic heterocycles. The Kier molecular flexibility index (Phi) is 6.02. The number of piperidine rings is 1. The molecule has 0 aromatic heterocycles. The van der Waals surface area contributed by atoms with Crippen LogP contribution in [0.15, 0.2) is 54.6 Å². The molecule has 0 aliphatic carbocycles. The maximum atomic E-state index is 10.6. The summed E-state index contributed by atoms with van der Waals surface area (Å²) in [6.07, 6.45) is 3.20. The van der Waals surface area contributed by atoms with Gasteiger partial charge in [-0.05, 0) is 49.2 Å². The number of para-hydroxylation sites is 1. The summed E-state index contributed by atoms with van der Waals surface area (Å²) in [6.45, 7) is 3.11. The highest BCUT2D eigenvalue weighted by Gasteiger charge is 2.44. The van der Waals surface area contributed by atoms with E-state index in [1.165, 1.54) is 5.56 Å². The second-order valence-electron chi connectivity index (χ2n) is 7.89. The fourth-order valence-electron chi connectivity index (χ4n) is 4.27. The molecule has 29 heavy (non-hydrogen) atoms. The van der Waals surface area contributed by atoms with Gasteiger partial charge in [-0.25, -0.2) is 4.79 Å². The lowest BCUT2D eigenvalue weighted by molar-refractivity contribution is -0.139. The molecule has 0 amide bonds. The van der Waals surface area contributed by atoms with Crippen molar-refractivity contribution in [3.63, 3.8) is 0 Å². The third-order valence-electron chi connectivity index (χ3n) is 5.53. The minimum absolute atomic E-state index is 0.100. The van der Waals surface area contributed by atoms with Gasteiger partial charge in [0.25, 0.3) is 0 Å². The van der Waals surface area contributed by atoms with Gasteiger partial charge in [0.1, 0.15) is 17.6 Å². The van der Waals surface area contributed by atoms with E-state index in [9.17, 15) is 4.79 Å². The van der Waals surface area contributed by atoms with Crippen LogP contribution in [0.1, 0.15) is 24.8 Å². The first-order valence-electron chi connectivity index (χ1n) is 10.1. The highest BCUT2D eigenvalue weighted by Crippen LogP contribution is 2.36. The highest BCUT2D eigenvalue weighted by atomic mass is 16.6. The van der Waals surface area contributed by atoms with Crippen LogP contribution in [0.4, 0.5) is 0 Å². The topological polar surface area (TPSA) is 68.2 Å². The fourth-order valence-corrected chi connectivity index (χ4v) is 4.27. The molecular weight excluding hydrogens is 370 g/mol. The van der Waals surface area contributed by atoms with E-state index in [4.69, 9.17) is 19.3 Å². The normalized spacial score (nSPS) is 24.5. The standard InChI is InChI=1S/C23H27NO5/c25-22(26)16-27-19-9-7-18(8-10-19)14-24-12-4-11-23(17-24)13-21(15-28-23)29-20-5-2-1-3-6-20/h1-3,5-10,21H,4,11-17H2,(H,25,26)/t21-,23-/m1/s1. The molecule has 6 nitrogen and oxygen atoms in total. The van der Waals surface area contributed by atoms with E-state index >= 15 is 0 Å². The summed E-state index contributed by atoms with van der Waals surface area (Å²) in [6, 6.07) is 17.6. The van der Waals surface area contributed by atoms with E-state index in [0.717, 1.165) is 44.6 Å². The van der Waals surface area contributed by atoms with Crippen molar-refractivity contribution < 1.29 is 24.1 Å². The maximum Gasteiger partial charge on any atom is 0.341 e. The lowest BCUT2D eigenvalue weighted by Crippen LogP contribution is -2.47. The minimum atomic E-state index is -0.973. The number of ether oxygens (including phenoxy) is 3. The van der Waals surface area contributed by atoms with Gasteiger partial charge < -0.3 is 19.3 Å². The van der Waals surface area contributed by atoms with Crippen LogP contribution in [0.5, 0.6) is 11.5 Å². The van der Waals surface area contributed by atoms with Gasteiger partial charge in [0, 0.05) is 19.5 Å². The number of carboxylic acid groups (broad SMARTS) is 1. The predicted octanol–water partition coefficient (Wildman–Crippen LogP) is 3.35. The number of hydrogen-bond donors (Lipinski definition) is 1. The zero-order valence-corrected chi connectivity index (χ0v) is 16.5. The number of carboxylic acids is 1. The van der Waals surface area contributed by atoms with Crippen molar-refractivity contribution >= 4 is 5.97 Å². The summed E-state index contributed by atoms with van der Waals surface area (Å²) in [5.74, 6) is 0.501. The summed E-state index contributed by atoms with van der Waals surface area (Å²) in [7, 11) is 0. The first-order valence-corrected chi connectivity index (χ1v) is 10.1. The third kappa shape index (κ3) is 5.28. The van der Waals surface area contributed by atoms with Gasteiger partial charge in [-0.2, -0.15) is 0 Å². The van der Waals surface area contributed by atoms with E-state index in [1.54, 1.807) is 0 Å². The second kappa shape index (κ2) is 8.84. The van der Waals surface area contributed by atoms with Crippen LogP contribution in [-0.2, 0) is 16.1 Å². The number of benzene rings is 2. The van der Waals surface area contributed by atoms with Gasteiger partial charge in [0.2, 0.25) is 0 Å². The average molecular weight is 397 g/mol. The summed E-state index contributed by atoms with van der Waals surface area (Å²) < 4.78 is 17.6. The van der Waals surface area contributed by atoms with Crippen molar-refractivity contribution in [1.82, 2.24) is 4.90 Å². The van der Waals surface area contributed by atoms with Crippen molar-refractivity contribution in [2.45, 2.75) is 37.5 Å². The Labute approximate surface area is 171 Å². The number of carbonyl (C=O) groups is 1. The predicted molar refractivity (Wildman–Crippen MR) is 108 cm³/mol. The van der Waals surface area contributed by atoms with Gasteiger partial charge in [-0.1, -0.05) is 30.3 Å². The molecule has 2 aliphatic rings. The molecule has 4 rings (SSSR count). The molecule has 2 aromatic rings. The average Bonchev–Trinajstić information content (AvgIpc) is 3.09. The molecule has 6 heteroatoms. The van der Waals surface area contributed by atoms with Gasteiger partial charge in [-0.15, -0.1) is 0 Å². The van der Waals surface area contributed by atoms with Gasteiger partial charge in [0.15, 0.2) is 6.61 Å². The zero-order valence-electron chi connectivity index (χ0n) is 16.5. The van der Waals surface area contributed by atoms with Gasteiger partial charge >= 0.3 is 5.97 Å². The highest BCUT2D eigenvalue weighted by molar-refractivity contribution is 5.68. The van der Waals surface area contributed by atoms with Crippen LogP contribution in [0.3, 0.4) is 0 Å². The molecule has 1 N–H and O–H groups in total. The number of likely N-dealkylation sites (tertiary alicyclic amines) is 1. The first kappa shape index (κ1) is 19.7. The molecule has 2 aromatic carbocycles. The van der Waals surface area contributed by atoms with E-state index in [0.29, 0.717) is 12.4 Å². The Balaban J connectivity index is 1.31. The molecule has 2 atom stereocenters. The van der Waals surface area contributed by atoms with Gasteiger partial charge in [0.05, 0.1) is 12.2 Å². The van der Waals surface area contributed by atoms with Crippen LogP contribution in [0.25, 0.3) is 0 Å². The molecule has 1 spiro atoms. The lowest BCUT2D eigenvalue weighted by Gasteiger charge is -2.39. The lowest BCUT2D eigenvalue weighted by atomic mass is 9.89. The molecular formula is C23H27NO5. The summed E-state index contributed by atoms with van der Waals surface area (Å²) in [4.78, 5) is 13.0. The number of rotatable bonds is 7. The number of aliphatic carboxylic acids is 1. The fraction of sp³-hybridized carbons (Fsp3) is 0.435. The van der Waals surface area contributed by atoms with Crippen molar-refractivity contribution in [3.05, 3.63) is 60.2 Å². The first-order chi connectivity index (χ1) is 14.1. The molecule has 0 radical (unpaired) electrons. The molecule has 0 bridgehead atoms. The Hall–Kier alpha value is -2.57. The summed E-state index contributed by atoms with van der Waals surface area (Å²) >= 11 is 0. The zero-order chi connectivity index (χ0) is 20.1. The molecule has 0 unspecified atom stereocenters.